The van der Waals surface area contributed by atoms with Gasteiger partial charge in [-0.1, -0.05) is 26.0 Å². The van der Waals surface area contributed by atoms with E-state index in [-0.39, 0.29) is 11.4 Å². The number of hydrogen-bond acceptors (Lipinski definition) is 6. The summed E-state index contributed by atoms with van der Waals surface area (Å²) in [5.74, 6) is 1.05. The topological polar surface area (TPSA) is 93.1 Å². The number of imidazole rings is 1. The minimum atomic E-state index is -1.20. The fourth-order valence-corrected chi connectivity index (χ4v) is 3.92. The second-order valence-electron chi connectivity index (χ2n) is 8.43. The van der Waals surface area contributed by atoms with Gasteiger partial charge in [0.2, 0.25) is 5.95 Å². The van der Waals surface area contributed by atoms with E-state index in [0.717, 1.165) is 29.2 Å². The van der Waals surface area contributed by atoms with E-state index >= 15 is 0 Å². The number of aromatic nitrogens is 4. The monoisotopic (exact) mass is 378 g/mol. The van der Waals surface area contributed by atoms with E-state index in [2.05, 4.69) is 39.8 Å². The SMILES string of the molecule is Cc1cnc(N)nc1N1CC(C)(C)c2ccc(C(C)(O)c3cn(C)cn3)cc21. The Balaban J connectivity index is 1.85. The van der Waals surface area contributed by atoms with Crippen LogP contribution in [0, 0.1) is 6.92 Å². The predicted octanol–water partition coefficient (Wildman–Crippen LogP) is 2.79. The van der Waals surface area contributed by atoms with Crippen LogP contribution in [0.3, 0.4) is 0 Å². The minimum Gasteiger partial charge on any atom is -0.379 e. The van der Waals surface area contributed by atoms with Crippen molar-refractivity contribution in [2.24, 2.45) is 7.05 Å². The molecule has 0 bridgehead atoms. The summed E-state index contributed by atoms with van der Waals surface area (Å²) < 4.78 is 1.83. The highest BCUT2D eigenvalue weighted by Gasteiger charge is 2.39. The van der Waals surface area contributed by atoms with Crippen LogP contribution in [0.1, 0.15) is 43.2 Å². The highest BCUT2D eigenvalue weighted by atomic mass is 16.3. The van der Waals surface area contributed by atoms with Crippen molar-refractivity contribution < 1.29 is 5.11 Å². The van der Waals surface area contributed by atoms with Crippen molar-refractivity contribution in [1.29, 1.82) is 0 Å². The first kappa shape index (κ1) is 18.4. The van der Waals surface area contributed by atoms with Crippen LogP contribution in [0.5, 0.6) is 0 Å². The lowest BCUT2D eigenvalue weighted by molar-refractivity contribution is 0.0978. The Morgan fingerprint density at radius 3 is 2.68 bits per heavy atom. The summed E-state index contributed by atoms with van der Waals surface area (Å²) in [6, 6.07) is 6.12. The van der Waals surface area contributed by atoms with Gasteiger partial charge in [-0.05, 0) is 31.0 Å². The van der Waals surface area contributed by atoms with E-state index in [4.69, 9.17) is 5.73 Å². The van der Waals surface area contributed by atoms with E-state index in [0.29, 0.717) is 5.69 Å². The maximum atomic E-state index is 11.2. The maximum absolute atomic E-state index is 11.2. The van der Waals surface area contributed by atoms with E-state index in [9.17, 15) is 5.11 Å². The van der Waals surface area contributed by atoms with Crippen molar-refractivity contribution >= 4 is 17.5 Å². The Bertz CT molecular complexity index is 1050. The molecule has 0 fully saturated rings. The third kappa shape index (κ3) is 2.82. The van der Waals surface area contributed by atoms with Crippen LogP contribution < -0.4 is 10.6 Å². The predicted molar refractivity (Wildman–Crippen MR) is 110 cm³/mol. The first-order valence-corrected chi connectivity index (χ1v) is 9.32. The normalized spacial score (nSPS) is 17.4. The number of anilines is 3. The molecule has 7 nitrogen and oxygen atoms in total. The highest BCUT2D eigenvalue weighted by Crippen LogP contribution is 2.46. The summed E-state index contributed by atoms with van der Waals surface area (Å²) in [4.78, 5) is 15.1. The van der Waals surface area contributed by atoms with Gasteiger partial charge in [0.25, 0.3) is 0 Å². The van der Waals surface area contributed by atoms with Gasteiger partial charge in [-0.25, -0.2) is 9.97 Å². The number of fused-ring (bicyclic) bond motifs is 1. The number of aryl methyl sites for hydroxylation is 2. The number of nitrogens with zero attached hydrogens (tertiary/aromatic N) is 5. The molecule has 1 aliphatic heterocycles. The van der Waals surface area contributed by atoms with Gasteiger partial charge in [-0.15, -0.1) is 0 Å². The molecule has 1 atom stereocenters. The Morgan fingerprint density at radius 1 is 1.25 bits per heavy atom. The summed E-state index contributed by atoms with van der Waals surface area (Å²) in [7, 11) is 1.89. The van der Waals surface area contributed by atoms with Crippen LogP contribution in [-0.4, -0.2) is 31.2 Å². The lowest BCUT2D eigenvalue weighted by Crippen LogP contribution is -2.26. The zero-order valence-corrected chi connectivity index (χ0v) is 16.9. The molecule has 0 saturated carbocycles. The van der Waals surface area contributed by atoms with Gasteiger partial charge in [0.15, 0.2) is 0 Å². The van der Waals surface area contributed by atoms with E-state index < -0.39 is 5.60 Å². The Hall–Kier alpha value is -2.93. The zero-order valence-electron chi connectivity index (χ0n) is 16.9. The molecule has 4 rings (SSSR count). The molecule has 3 N–H and O–H groups in total. The molecule has 0 amide bonds. The summed E-state index contributed by atoms with van der Waals surface area (Å²) in [5, 5.41) is 11.2. The van der Waals surface area contributed by atoms with Gasteiger partial charge in [-0.3, -0.25) is 0 Å². The fraction of sp³-hybridized carbons (Fsp3) is 0.381. The van der Waals surface area contributed by atoms with Crippen LogP contribution in [0.4, 0.5) is 17.5 Å². The fourth-order valence-electron chi connectivity index (χ4n) is 3.92. The summed E-state index contributed by atoms with van der Waals surface area (Å²) in [6.45, 7) is 8.95. The van der Waals surface area contributed by atoms with E-state index in [1.807, 2.05) is 36.9 Å². The number of nitrogens with two attached hydrogens (primary N) is 1. The average molecular weight is 378 g/mol. The third-order valence-electron chi connectivity index (χ3n) is 5.56. The molecule has 0 radical (unpaired) electrons. The van der Waals surface area contributed by atoms with Gasteiger partial charge >= 0.3 is 0 Å². The smallest absolute Gasteiger partial charge is 0.221 e. The molecule has 1 unspecified atom stereocenters. The molecule has 0 saturated heterocycles. The van der Waals surface area contributed by atoms with E-state index in [1.54, 1.807) is 19.4 Å². The van der Waals surface area contributed by atoms with Gasteiger partial charge in [0, 0.05) is 42.7 Å². The van der Waals surface area contributed by atoms with Crippen molar-refractivity contribution in [3.63, 3.8) is 0 Å². The molecule has 0 spiro atoms. The molecule has 7 heteroatoms. The second kappa shape index (κ2) is 6.04. The molecule has 0 aliphatic carbocycles. The quantitative estimate of drug-likeness (QED) is 0.728. The second-order valence-corrected chi connectivity index (χ2v) is 8.43. The van der Waals surface area contributed by atoms with Crippen molar-refractivity contribution in [1.82, 2.24) is 19.5 Å². The Labute approximate surface area is 164 Å². The summed E-state index contributed by atoms with van der Waals surface area (Å²) in [5.41, 5.74) is 9.20. The van der Waals surface area contributed by atoms with Gasteiger partial charge in [0.05, 0.1) is 12.0 Å². The number of hydrogen-bond donors (Lipinski definition) is 2. The van der Waals surface area contributed by atoms with E-state index in [1.165, 1.54) is 5.56 Å². The molecule has 146 valence electrons. The Kier molecular flexibility index (Phi) is 3.97. The maximum Gasteiger partial charge on any atom is 0.221 e. The van der Waals surface area contributed by atoms with Crippen LogP contribution in [-0.2, 0) is 18.1 Å². The number of benzene rings is 1. The van der Waals surface area contributed by atoms with Crippen molar-refractivity contribution in [2.45, 2.75) is 38.7 Å². The number of nitrogen functional groups attached to an aromatic ring is 1. The first-order valence-electron chi connectivity index (χ1n) is 9.32. The van der Waals surface area contributed by atoms with Crippen molar-refractivity contribution in [2.75, 3.05) is 17.2 Å². The lowest BCUT2D eigenvalue weighted by atomic mass is 9.84. The molecular weight excluding hydrogens is 352 g/mol. The standard InChI is InChI=1S/C21H26N6O/c1-13-9-23-19(22)25-18(13)27-11-20(2,3)15-7-6-14(8-16(15)27)21(4,28)17-10-26(5)12-24-17/h6-10,12,28H,11H2,1-5H3,(H2,22,23,25). The summed E-state index contributed by atoms with van der Waals surface area (Å²) >= 11 is 0. The van der Waals surface area contributed by atoms with Crippen molar-refractivity contribution in [3.05, 3.63) is 59.3 Å². The Morgan fingerprint density at radius 2 is 2.00 bits per heavy atom. The molecule has 3 heterocycles. The molecule has 2 aromatic heterocycles. The third-order valence-corrected chi connectivity index (χ3v) is 5.56. The van der Waals surface area contributed by atoms with Crippen LogP contribution in [0.2, 0.25) is 0 Å². The number of aliphatic hydroxyl groups is 1. The minimum absolute atomic E-state index is 0.0587. The summed E-state index contributed by atoms with van der Waals surface area (Å²) in [6.07, 6.45) is 5.28. The highest BCUT2D eigenvalue weighted by molar-refractivity contribution is 5.73. The van der Waals surface area contributed by atoms with Gasteiger partial charge < -0.3 is 20.3 Å². The van der Waals surface area contributed by atoms with Crippen LogP contribution in [0.25, 0.3) is 0 Å². The molecule has 1 aliphatic rings. The molecule has 1 aromatic carbocycles. The molecular formula is C21H26N6O. The molecule has 28 heavy (non-hydrogen) atoms. The van der Waals surface area contributed by atoms with Crippen LogP contribution in [0.15, 0.2) is 36.9 Å². The average Bonchev–Trinajstić information content (AvgIpc) is 3.19. The van der Waals surface area contributed by atoms with Gasteiger partial charge in [-0.2, -0.15) is 4.98 Å². The van der Waals surface area contributed by atoms with Gasteiger partial charge in [0.1, 0.15) is 11.4 Å². The largest absolute Gasteiger partial charge is 0.379 e. The zero-order chi connectivity index (χ0) is 20.3. The first-order chi connectivity index (χ1) is 13.1. The molecule has 3 aromatic rings. The number of rotatable bonds is 3. The van der Waals surface area contributed by atoms with Crippen LogP contribution >= 0.6 is 0 Å². The van der Waals surface area contributed by atoms with Crippen molar-refractivity contribution in [3.8, 4) is 0 Å². The lowest BCUT2D eigenvalue weighted by Gasteiger charge is -2.25.